The largest absolute Gasteiger partial charge is 0.507 e. The van der Waals surface area contributed by atoms with Gasteiger partial charge >= 0.3 is 0 Å². The van der Waals surface area contributed by atoms with Crippen LogP contribution in [0.3, 0.4) is 0 Å². The van der Waals surface area contributed by atoms with Crippen LogP contribution in [0, 0.1) is 5.92 Å². The molecule has 3 aliphatic heterocycles. The van der Waals surface area contributed by atoms with Gasteiger partial charge in [-0.25, -0.2) is 0 Å². The molecule has 1 aromatic carbocycles. The fourth-order valence-corrected chi connectivity index (χ4v) is 6.24. The lowest BCUT2D eigenvalue weighted by atomic mass is 9.84. The molecule has 2 saturated heterocycles. The zero-order valence-corrected chi connectivity index (χ0v) is 18.3. The lowest BCUT2D eigenvalue weighted by Gasteiger charge is -2.32. The van der Waals surface area contributed by atoms with Crippen LogP contribution in [0.25, 0.3) is 28.0 Å². The number of benzene rings is 1. The van der Waals surface area contributed by atoms with E-state index in [1.54, 1.807) is 28.7 Å². The second-order valence-electron chi connectivity index (χ2n) is 8.85. The van der Waals surface area contributed by atoms with Crippen molar-refractivity contribution in [3.63, 3.8) is 0 Å². The van der Waals surface area contributed by atoms with Gasteiger partial charge in [0.15, 0.2) is 0 Å². The van der Waals surface area contributed by atoms with Crippen LogP contribution in [0.15, 0.2) is 47.6 Å². The number of hydrogen-bond acceptors (Lipinski definition) is 6. The summed E-state index contributed by atoms with van der Waals surface area (Å²) in [5.74, 6) is 1.76. The smallest absolute Gasteiger partial charge is 0.125 e. The predicted octanol–water partition coefficient (Wildman–Crippen LogP) is 4.27. The van der Waals surface area contributed by atoms with Crippen LogP contribution in [-0.4, -0.2) is 42.9 Å². The Morgan fingerprint density at radius 2 is 1.94 bits per heavy atom. The molecule has 6 nitrogen and oxygen atoms in total. The van der Waals surface area contributed by atoms with Crippen molar-refractivity contribution in [2.24, 2.45) is 13.0 Å². The highest BCUT2D eigenvalue weighted by molar-refractivity contribution is 7.99. The zero-order valence-electron chi connectivity index (χ0n) is 17.5. The summed E-state index contributed by atoms with van der Waals surface area (Å²) >= 11 is 1.80. The average Bonchev–Trinajstić information content (AvgIpc) is 3.37. The van der Waals surface area contributed by atoms with Gasteiger partial charge in [0, 0.05) is 47.1 Å². The summed E-state index contributed by atoms with van der Waals surface area (Å²) in [6.07, 6.45) is 11.1. The number of nitrogens with one attached hydrogen (secondary N) is 1. The topological polar surface area (TPSA) is 75.9 Å². The molecule has 2 N–H and O–H groups in total. The molecular weight excluding hydrogens is 406 g/mol. The molecule has 0 radical (unpaired) electrons. The molecule has 2 atom stereocenters. The van der Waals surface area contributed by atoms with Crippen LogP contribution < -0.4 is 5.32 Å². The maximum Gasteiger partial charge on any atom is 0.125 e. The quantitative estimate of drug-likeness (QED) is 0.645. The van der Waals surface area contributed by atoms with Crippen molar-refractivity contribution >= 4 is 17.3 Å². The molecule has 158 valence electrons. The first kappa shape index (κ1) is 19.1. The zero-order chi connectivity index (χ0) is 20.9. The Morgan fingerprint density at radius 3 is 2.68 bits per heavy atom. The van der Waals surface area contributed by atoms with Gasteiger partial charge in [0.05, 0.1) is 11.9 Å². The normalized spacial score (nSPS) is 24.7. The van der Waals surface area contributed by atoms with Gasteiger partial charge in [0.1, 0.15) is 11.4 Å². The third-order valence-electron chi connectivity index (χ3n) is 6.80. The van der Waals surface area contributed by atoms with Gasteiger partial charge in [-0.3, -0.25) is 4.68 Å². The van der Waals surface area contributed by atoms with E-state index in [2.05, 4.69) is 32.8 Å². The summed E-state index contributed by atoms with van der Waals surface area (Å²) in [5.41, 5.74) is 5.75. The van der Waals surface area contributed by atoms with Crippen molar-refractivity contribution in [1.29, 1.82) is 0 Å². The van der Waals surface area contributed by atoms with E-state index in [9.17, 15) is 5.11 Å². The summed E-state index contributed by atoms with van der Waals surface area (Å²) in [7, 11) is 1.88. The van der Waals surface area contributed by atoms with Crippen molar-refractivity contribution in [3.05, 3.63) is 48.4 Å². The number of nitrogens with zero attached hydrogens (tertiary/aromatic N) is 4. The molecule has 2 fully saturated rings. The summed E-state index contributed by atoms with van der Waals surface area (Å²) in [4.78, 5) is 1.17. The number of piperidine rings is 1. The second kappa shape index (κ2) is 7.50. The number of fused-ring (bicyclic) bond motifs is 3. The van der Waals surface area contributed by atoms with Gasteiger partial charge in [0.25, 0.3) is 0 Å². The second-order valence-corrected chi connectivity index (χ2v) is 9.92. The number of thioether (sulfide) groups is 1. The summed E-state index contributed by atoms with van der Waals surface area (Å²) in [6, 6.07) is 9.10. The molecule has 0 amide bonds. The van der Waals surface area contributed by atoms with E-state index >= 15 is 0 Å². The molecule has 2 bridgehead atoms. The highest BCUT2D eigenvalue weighted by atomic mass is 32.2. The molecule has 0 aliphatic carbocycles. The highest BCUT2D eigenvalue weighted by Gasteiger charge is 2.36. The summed E-state index contributed by atoms with van der Waals surface area (Å²) < 4.78 is 1.76. The van der Waals surface area contributed by atoms with E-state index < -0.39 is 0 Å². The first-order chi connectivity index (χ1) is 15.1. The molecular formula is C24H25N5OS. The van der Waals surface area contributed by atoms with Gasteiger partial charge in [0.2, 0.25) is 0 Å². The Morgan fingerprint density at radius 1 is 1.10 bits per heavy atom. The number of allylic oxidation sites excluding steroid dienone is 1. The number of aryl methyl sites for hydroxylation is 1. The Hall–Kier alpha value is -2.64. The average molecular weight is 432 g/mol. The monoisotopic (exact) mass is 431 g/mol. The highest BCUT2D eigenvalue weighted by Crippen LogP contribution is 2.44. The summed E-state index contributed by atoms with van der Waals surface area (Å²) in [5, 5.41) is 27.9. The van der Waals surface area contributed by atoms with Gasteiger partial charge in [-0.15, -0.1) is 22.0 Å². The maximum absolute atomic E-state index is 10.7. The van der Waals surface area contributed by atoms with Crippen LogP contribution in [-0.2, 0) is 7.05 Å². The molecule has 31 heavy (non-hydrogen) atoms. The Bertz CT molecular complexity index is 1170. The van der Waals surface area contributed by atoms with Crippen LogP contribution in [0.5, 0.6) is 5.75 Å². The number of phenols is 1. The van der Waals surface area contributed by atoms with Crippen molar-refractivity contribution in [3.8, 4) is 28.1 Å². The van der Waals surface area contributed by atoms with Gasteiger partial charge in [-0.2, -0.15) is 5.10 Å². The molecule has 3 aliphatic rings. The lowest BCUT2D eigenvalue weighted by Crippen LogP contribution is -2.38. The van der Waals surface area contributed by atoms with Crippen molar-refractivity contribution < 1.29 is 5.11 Å². The van der Waals surface area contributed by atoms with E-state index in [1.165, 1.54) is 36.2 Å². The minimum atomic E-state index is 0.210. The third-order valence-corrected chi connectivity index (χ3v) is 7.75. The number of aromatic nitrogens is 4. The summed E-state index contributed by atoms with van der Waals surface area (Å²) in [6.45, 7) is 0. The first-order valence-electron chi connectivity index (χ1n) is 10.9. The molecule has 0 saturated carbocycles. The van der Waals surface area contributed by atoms with E-state index in [1.807, 2.05) is 25.4 Å². The van der Waals surface area contributed by atoms with Crippen LogP contribution in [0.1, 0.15) is 31.4 Å². The maximum atomic E-state index is 10.7. The minimum Gasteiger partial charge on any atom is -0.507 e. The Balaban J connectivity index is 1.30. The van der Waals surface area contributed by atoms with Crippen molar-refractivity contribution in [2.75, 3.05) is 5.75 Å². The molecule has 5 heterocycles. The molecule has 7 heteroatoms. The van der Waals surface area contributed by atoms with E-state index in [0.717, 1.165) is 22.6 Å². The molecule has 3 aromatic rings. The number of phenolic OH excluding ortho intramolecular Hbond substituents is 1. The molecule has 6 rings (SSSR count). The first-order valence-corrected chi connectivity index (χ1v) is 11.9. The minimum absolute atomic E-state index is 0.210. The Kier molecular flexibility index (Phi) is 4.61. The van der Waals surface area contributed by atoms with Crippen LogP contribution >= 0.6 is 11.8 Å². The van der Waals surface area contributed by atoms with E-state index in [0.29, 0.717) is 29.3 Å². The standard InChI is InChI=1S/C24H25N5OS/c1-29-13-16(12-25-29)14-2-5-20(22(30)10-14)21-11-23-24(28-27-21)19(6-7-31-23)15-8-17-3-4-18(9-15)26-17/h2,5-6,10-13,15,17-18,26,30H,3-4,7-9H2,1H3. The van der Waals surface area contributed by atoms with Crippen LogP contribution in [0.2, 0.25) is 0 Å². The molecule has 0 spiro atoms. The number of aromatic hydroxyl groups is 1. The third kappa shape index (κ3) is 3.46. The number of rotatable bonds is 3. The fraction of sp³-hybridized carbons (Fsp3) is 0.375. The fourth-order valence-electron chi connectivity index (χ4n) is 5.30. The Labute approximate surface area is 185 Å². The van der Waals surface area contributed by atoms with Gasteiger partial charge in [-0.1, -0.05) is 12.1 Å². The molecule has 2 aromatic heterocycles. The van der Waals surface area contributed by atoms with Gasteiger partial charge < -0.3 is 10.4 Å². The molecule has 2 unspecified atom stereocenters. The predicted molar refractivity (Wildman–Crippen MR) is 123 cm³/mol. The SMILES string of the molecule is Cn1cc(-c2ccc(-c3cc4c(nn3)C(C3CC5CCC(C3)N5)=CCS4)c(O)c2)cn1. The number of hydrogen-bond donors (Lipinski definition) is 2. The van der Waals surface area contributed by atoms with Gasteiger partial charge in [-0.05, 0) is 60.9 Å². The van der Waals surface area contributed by atoms with E-state index in [4.69, 9.17) is 0 Å². The lowest BCUT2D eigenvalue weighted by molar-refractivity contribution is 0.350. The van der Waals surface area contributed by atoms with Crippen molar-refractivity contribution in [2.45, 2.75) is 42.7 Å². The van der Waals surface area contributed by atoms with Crippen molar-refractivity contribution in [1.82, 2.24) is 25.3 Å². The van der Waals surface area contributed by atoms with E-state index in [-0.39, 0.29) is 5.75 Å². The van der Waals surface area contributed by atoms with Crippen LogP contribution in [0.4, 0.5) is 0 Å².